The number of benzene rings is 1. The van der Waals surface area contributed by atoms with Crippen molar-refractivity contribution in [3.8, 4) is 11.3 Å². The van der Waals surface area contributed by atoms with Crippen LogP contribution in [0.25, 0.3) is 11.3 Å². The second kappa shape index (κ2) is 7.39. The van der Waals surface area contributed by atoms with Crippen molar-refractivity contribution in [2.75, 3.05) is 39.3 Å². The molecule has 1 aliphatic heterocycles. The molecule has 1 saturated heterocycles. The van der Waals surface area contributed by atoms with Crippen LogP contribution in [0.4, 0.5) is 0 Å². The maximum Gasteiger partial charge on any atom is 0.228 e. The summed E-state index contributed by atoms with van der Waals surface area (Å²) in [5, 5.41) is 12.9. The standard InChI is InChI=1S/C17H21N3O3/c21-11-10-19-6-8-20(9-7-19)17(22)13-15-12-16(23-18-15)14-4-2-1-3-5-14/h1-5,12,21H,6-11,13H2. The molecule has 0 saturated carbocycles. The monoisotopic (exact) mass is 315 g/mol. The highest BCUT2D eigenvalue weighted by Gasteiger charge is 2.21. The number of carbonyl (C=O) groups is 1. The van der Waals surface area contributed by atoms with Crippen LogP contribution in [-0.2, 0) is 11.2 Å². The van der Waals surface area contributed by atoms with Gasteiger partial charge in [-0.2, -0.15) is 0 Å². The number of aliphatic hydroxyl groups is 1. The van der Waals surface area contributed by atoms with E-state index in [0.717, 1.165) is 18.7 Å². The molecule has 23 heavy (non-hydrogen) atoms. The molecule has 0 aliphatic carbocycles. The zero-order valence-corrected chi connectivity index (χ0v) is 13.0. The number of piperazine rings is 1. The molecule has 0 radical (unpaired) electrons. The summed E-state index contributed by atoms with van der Waals surface area (Å²) in [5.74, 6) is 0.753. The van der Waals surface area contributed by atoms with Gasteiger partial charge >= 0.3 is 0 Å². The molecule has 1 N–H and O–H groups in total. The fraction of sp³-hybridized carbons (Fsp3) is 0.412. The third kappa shape index (κ3) is 3.97. The number of amides is 1. The summed E-state index contributed by atoms with van der Waals surface area (Å²) < 4.78 is 5.33. The van der Waals surface area contributed by atoms with E-state index < -0.39 is 0 Å². The summed E-state index contributed by atoms with van der Waals surface area (Å²) in [5.41, 5.74) is 1.61. The van der Waals surface area contributed by atoms with Crippen molar-refractivity contribution >= 4 is 5.91 Å². The lowest BCUT2D eigenvalue weighted by Gasteiger charge is -2.34. The van der Waals surface area contributed by atoms with Crippen LogP contribution in [0.15, 0.2) is 40.9 Å². The fourth-order valence-corrected chi connectivity index (χ4v) is 2.76. The van der Waals surface area contributed by atoms with E-state index in [1.165, 1.54) is 0 Å². The highest BCUT2D eigenvalue weighted by molar-refractivity contribution is 5.78. The number of carbonyl (C=O) groups excluding carboxylic acids is 1. The van der Waals surface area contributed by atoms with Crippen LogP contribution in [0.2, 0.25) is 0 Å². The Morgan fingerprint density at radius 2 is 1.91 bits per heavy atom. The zero-order chi connectivity index (χ0) is 16.1. The van der Waals surface area contributed by atoms with Crippen LogP contribution in [0.5, 0.6) is 0 Å². The zero-order valence-electron chi connectivity index (χ0n) is 13.0. The van der Waals surface area contributed by atoms with E-state index in [2.05, 4.69) is 10.1 Å². The van der Waals surface area contributed by atoms with E-state index in [1.807, 2.05) is 41.3 Å². The number of aromatic nitrogens is 1. The second-order valence-corrected chi connectivity index (χ2v) is 5.67. The van der Waals surface area contributed by atoms with Gasteiger partial charge in [0.25, 0.3) is 0 Å². The van der Waals surface area contributed by atoms with Crippen LogP contribution >= 0.6 is 0 Å². The van der Waals surface area contributed by atoms with Crippen molar-refractivity contribution in [1.82, 2.24) is 15.0 Å². The molecule has 0 bridgehead atoms. The molecular formula is C17H21N3O3. The van der Waals surface area contributed by atoms with Crippen molar-refractivity contribution in [2.45, 2.75) is 6.42 Å². The van der Waals surface area contributed by atoms with Gasteiger partial charge in [-0.1, -0.05) is 35.5 Å². The molecule has 1 amide bonds. The Balaban J connectivity index is 1.56. The van der Waals surface area contributed by atoms with Gasteiger partial charge in [-0.15, -0.1) is 0 Å². The highest BCUT2D eigenvalue weighted by atomic mass is 16.5. The number of aliphatic hydroxyl groups excluding tert-OH is 1. The SMILES string of the molecule is O=C(Cc1cc(-c2ccccc2)on1)N1CCN(CCO)CC1. The maximum atomic E-state index is 12.4. The average molecular weight is 315 g/mol. The van der Waals surface area contributed by atoms with Gasteiger partial charge in [-0.05, 0) is 0 Å². The lowest BCUT2D eigenvalue weighted by Crippen LogP contribution is -2.49. The van der Waals surface area contributed by atoms with Crippen molar-refractivity contribution in [3.63, 3.8) is 0 Å². The first-order valence-corrected chi connectivity index (χ1v) is 7.88. The number of hydrogen-bond acceptors (Lipinski definition) is 5. The van der Waals surface area contributed by atoms with E-state index in [9.17, 15) is 4.79 Å². The lowest BCUT2D eigenvalue weighted by molar-refractivity contribution is -0.132. The predicted molar refractivity (Wildman–Crippen MR) is 85.7 cm³/mol. The first-order chi connectivity index (χ1) is 11.3. The molecule has 2 heterocycles. The van der Waals surface area contributed by atoms with Gasteiger partial charge in [0.05, 0.1) is 18.7 Å². The molecule has 1 aromatic heterocycles. The third-order valence-electron chi connectivity index (χ3n) is 4.09. The molecule has 1 aromatic carbocycles. The predicted octanol–water partition coefficient (Wildman–Crippen LogP) is 1.02. The topological polar surface area (TPSA) is 69.8 Å². The van der Waals surface area contributed by atoms with Gasteiger partial charge in [0.2, 0.25) is 5.91 Å². The van der Waals surface area contributed by atoms with E-state index in [0.29, 0.717) is 31.1 Å². The van der Waals surface area contributed by atoms with E-state index >= 15 is 0 Å². The normalized spacial score (nSPS) is 15.8. The van der Waals surface area contributed by atoms with Crippen LogP contribution < -0.4 is 0 Å². The van der Waals surface area contributed by atoms with Gasteiger partial charge in [-0.3, -0.25) is 9.69 Å². The fourth-order valence-electron chi connectivity index (χ4n) is 2.76. The largest absolute Gasteiger partial charge is 0.395 e. The summed E-state index contributed by atoms with van der Waals surface area (Å²) >= 11 is 0. The van der Waals surface area contributed by atoms with E-state index in [-0.39, 0.29) is 18.9 Å². The van der Waals surface area contributed by atoms with E-state index in [4.69, 9.17) is 9.63 Å². The highest BCUT2D eigenvalue weighted by Crippen LogP contribution is 2.20. The summed E-state index contributed by atoms with van der Waals surface area (Å²) in [6.45, 7) is 3.84. The summed E-state index contributed by atoms with van der Waals surface area (Å²) in [4.78, 5) is 16.4. The number of hydrogen-bond donors (Lipinski definition) is 1. The lowest BCUT2D eigenvalue weighted by atomic mass is 10.1. The van der Waals surface area contributed by atoms with Crippen LogP contribution in [0.3, 0.4) is 0 Å². The molecule has 1 aliphatic rings. The van der Waals surface area contributed by atoms with Crippen molar-refractivity contribution < 1.29 is 14.4 Å². The molecule has 2 aromatic rings. The average Bonchev–Trinajstić information content (AvgIpc) is 3.05. The van der Waals surface area contributed by atoms with Crippen LogP contribution in [-0.4, -0.2) is 65.3 Å². The Hall–Kier alpha value is -2.18. The maximum absolute atomic E-state index is 12.4. The van der Waals surface area contributed by atoms with Gasteiger partial charge < -0.3 is 14.5 Å². The summed E-state index contributed by atoms with van der Waals surface area (Å²) in [6.07, 6.45) is 0.260. The molecule has 0 unspecified atom stereocenters. The first kappa shape index (κ1) is 15.7. The van der Waals surface area contributed by atoms with Gasteiger partial charge in [0, 0.05) is 44.4 Å². The minimum atomic E-state index is 0.0709. The number of β-amino-alcohol motifs (C(OH)–C–C–N with tert-alkyl or cyclic N) is 1. The molecule has 3 rings (SSSR count). The Bertz CT molecular complexity index is 634. The molecule has 6 nitrogen and oxygen atoms in total. The molecule has 6 heteroatoms. The van der Waals surface area contributed by atoms with Gasteiger partial charge in [-0.25, -0.2) is 0 Å². The summed E-state index contributed by atoms with van der Waals surface area (Å²) in [6, 6.07) is 11.6. The van der Waals surface area contributed by atoms with Crippen molar-refractivity contribution in [3.05, 3.63) is 42.1 Å². The van der Waals surface area contributed by atoms with Crippen molar-refractivity contribution in [2.24, 2.45) is 0 Å². The number of nitrogens with zero attached hydrogens (tertiary/aromatic N) is 3. The van der Waals surface area contributed by atoms with Crippen LogP contribution in [0.1, 0.15) is 5.69 Å². The summed E-state index contributed by atoms with van der Waals surface area (Å²) in [7, 11) is 0. The third-order valence-corrected chi connectivity index (χ3v) is 4.09. The van der Waals surface area contributed by atoms with E-state index in [1.54, 1.807) is 0 Å². The Kier molecular flexibility index (Phi) is 5.05. The van der Waals surface area contributed by atoms with Gasteiger partial charge in [0.15, 0.2) is 5.76 Å². The Labute approximate surface area is 135 Å². The minimum absolute atomic E-state index is 0.0709. The Morgan fingerprint density at radius 3 is 2.61 bits per heavy atom. The molecule has 1 fully saturated rings. The van der Waals surface area contributed by atoms with Crippen molar-refractivity contribution in [1.29, 1.82) is 0 Å². The van der Waals surface area contributed by atoms with Gasteiger partial charge in [0.1, 0.15) is 0 Å². The quantitative estimate of drug-likeness (QED) is 0.892. The molecule has 122 valence electrons. The first-order valence-electron chi connectivity index (χ1n) is 7.88. The smallest absolute Gasteiger partial charge is 0.228 e. The van der Waals surface area contributed by atoms with Crippen LogP contribution in [0, 0.1) is 0 Å². The molecular weight excluding hydrogens is 294 g/mol. The Morgan fingerprint density at radius 1 is 1.17 bits per heavy atom. The minimum Gasteiger partial charge on any atom is -0.395 e. The molecule has 0 atom stereocenters. The molecule has 0 spiro atoms. The number of rotatable bonds is 5. The second-order valence-electron chi connectivity index (χ2n) is 5.67.